The average molecular weight is 267 g/mol. The Balaban J connectivity index is 2.17. The molecule has 0 saturated carbocycles. The lowest BCUT2D eigenvalue weighted by Gasteiger charge is -2.19. The summed E-state index contributed by atoms with van der Waals surface area (Å²) in [7, 11) is 0. The first-order valence-electron chi connectivity index (χ1n) is 7.55. The minimum absolute atomic E-state index is 0.530. The maximum atomic E-state index is 4.02. The van der Waals surface area contributed by atoms with Gasteiger partial charge in [-0.15, -0.1) is 6.58 Å². The number of nitrogens with one attached hydrogen (secondary N) is 1. The molecule has 0 bridgehead atoms. The van der Waals surface area contributed by atoms with E-state index in [9.17, 15) is 0 Å². The Morgan fingerprint density at radius 3 is 2.65 bits per heavy atom. The third-order valence-corrected chi connectivity index (χ3v) is 3.76. The molecule has 0 aliphatic carbocycles. The summed E-state index contributed by atoms with van der Waals surface area (Å²) in [6.45, 7) is 9.33. The van der Waals surface area contributed by atoms with Gasteiger partial charge in [0.2, 0.25) is 0 Å². The predicted octanol–water partition coefficient (Wildman–Crippen LogP) is 4.72. The molecule has 0 radical (unpaired) electrons. The van der Waals surface area contributed by atoms with Crippen molar-refractivity contribution in [3.05, 3.63) is 60.2 Å². The van der Waals surface area contributed by atoms with Crippen LogP contribution in [0.1, 0.15) is 32.3 Å². The summed E-state index contributed by atoms with van der Waals surface area (Å²) in [5.41, 5.74) is 2.71. The Morgan fingerprint density at radius 1 is 1.15 bits per heavy atom. The summed E-state index contributed by atoms with van der Waals surface area (Å²) in [6.07, 6.45) is 3.34. The molecule has 0 heterocycles. The molecule has 0 saturated heterocycles. The van der Waals surface area contributed by atoms with Gasteiger partial charge in [0.15, 0.2) is 0 Å². The second kappa shape index (κ2) is 7.25. The summed E-state index contributed by atoms with van der Waals surface area (Å²) in [5, 5.41) is 6.33. The Hall–Kier alpha value is -1.60. The normalized spacial score (nSPS) is 12.5. The fourth-order valence-electron chi connectivity index (χ4n) is 2.72. The SMILES string of the molecule is C=C(C)CCC(Cc1cccc2ccccc12)NCC. The van der Waals surface area contributed by atoms with Gasteiger partial charge in [-0.25, -0.2) is 0 Å². The Bertz CT molecular complexity index is 565. The van der Waals surface area contributed by atoms with Crippen LogP contribution in [0, 0.1) is 0 Å². The summed E-state index contributed by atoms with van der Waals surface area (Å²) in [4.78, 5) is 0. The van der Waals surface area contributed by atoms with Gasteiger partial charge in [-0.1, -0.05) is 55.0 Å². The van der Waals surface area contributed by atoms with Crippen molar-refractivity contribution in [2.24, 2.45) is 0 Å². The first kappa shape index (κ1) is 14.8. The van der Waals surface area contributed by atoms with Crippen LogP contribution in [0.15, 0.2) is 54.6 Å². The first-order valence-corrected chi connectivity index (χ1v) is 7.55. The molecule has 0 amide bonds. The largest absolute Gasteiger partial charge is 0.314 e. The van der Waals surface area contributed by atoms with Crippen molar-refractivity contribution in [1.82, 2.24) is 5.32 Å². The van der Waals surface area contributed by atoms with Crippen LogP contribution < -0.4 is 5.32 Å². The van der Waals surface area contributed by atoms with Crippen LogP contribution in [0.3, 0.4) is 0 Å². The van der Waals surface area contributed by atoms with E-state index in [0.717, 1.165) is 25.8 Å². The lowest BCUT2D eigenvalue weighted by atomic mass is 9.96. The Morgan fingerprint density at radius 2 is 1.90 bits per heavy atom. The molecule has 0 aromatic heterocycles. The van der Waals surface area contributed by atoms with E-state index in [1.807, 2.05) is 0 Å². The quantitative estimate of drug-likeness (QED) is 0.716. The van der Waals surface area contributed by atoms with Crippen LogP contribution in [-0.4, -0.2) is 12.6 Å². The average Bonchev–Trinajstić information content (AvgIpc) is 2.45. The van der Waals surface area contributed by atoms with Gasteiger partial charge in [-0.05, 0) is 49.1 Å². The first-order chi connectivity index (χ1) is 9.70. The maximum Gasteiger partial charge on any atom is 0.0111 e. The van der Waals surface area contributed by atoms with E-state index in [0.29, 0.717) is 6.04 Å². The molecule has 2 rings (SSSR count). The van der Waals surface area contributed by atoms with E-state index >= 15 is 0 Å². The van der Waals surface area contributed by atoms with Gasteiger partial charge < -0.3 is 5.32 Å². The Kier molecular flexibility index (Phi) is 5.37. The third kappa shape index (κ3) is 3.94. The highest BCUT2D eigenvalue weighted by molar-refractivity contribution is 5.85. The lowest BCUT2D eigenvalue weighted by Crippen LogP contribution is -2.31. The summed E-state index contributed by atoms with van der Waals surface area (Å²) < 4.78 is 0. The van der Waals surface area contributed by atoms with Crippen molar-refractivity contribution >= 4 is 10.8 Å². The number of hydrogen-bond donors (Lipinski definition) is 1. The van der Waals surface area contributed by atoms with Crippen molar-refractivity contribution in [2.75, 3.05) is 6.54 Å². The summed E-state index contributed by atoms with van der Waals surface area (Å²) >= 11 is 0. The van der Waals surface area contributed by atoms with Crippen LogP contribution >= 0.6 is 0 Å². The van der Waals surface area contributed by atoms with E-state index in [2.05, 4.69) is 68.2 Å². The molecule has 0 aliphatic rings. The fraction of sp³-hybridized carbons (Fsp3) is 0.368. The number of allylic oxidation sites excluding steroid dienone is 1. The van der Waals surface area contributed by atoms with E-state index in [1.54, 1.807) is 0 Å². The van der Waals surface area contributed by atoms with Crippen molar-refractivity contribution in [2.45, 2.75) is 39.2 Å². The highest BCUT2D eigenvalue weighted by atomic mass is 14.9. The molecule has 20 heavy (non-hydrogen) atoms. The molecule has 2 aromatic carbocycles. The van der Waals surface area contributed by atoms with E-state index in [-0.39, 0.29) is 0 Å². The van der Waals surface area contributed by atoms with Gasteiger partial charge in [-0.3, -0.25) is 0 Å². The second-order valence-corrected chi connectivity index (χ2v) is 5.59. The van der Waals surface area contributed by atoms with Crippen molar-refractivity contribution in [3.8, 4) is 0 Å². The smallest absolute Gasteiger partial charge is 0.0111 e. The zero-order chi connectivity index (χ0) is 14.4. The van der Waals surface area contributed by atoms with Gasteiger partial charge in [-0.2, -0.15) is 0 Å². The standard InChI is InChI=1S/C19H25N/c1-4-20-18(13-12-15(2)3)14-17-10-7-9-16-8-5-6-11-19(16)17/h5-11,18,20H,2,4,12-14H2,1,3H3. The van der Waals surface area contributed by atoms with Gasteiger partial charge in [0.25, 0.3) is 0 Å². The monoisotopic (exact) mass is 267 g/mol. The van der Waals surface area contributed by atoms with Crippen LogP contribution in [0.25, 0.3) is 10.8 Å². The van der Waals surface area contributed by atoms with Gasteiger partial charge in [0, 0.05) is 6.04 Å². The highest BCUT2D eigenvalue weighted by Gasteiger charge is 2.10. The molecule has 2 aromatic rings. The predicted molar refractivity (Wildman–Crippen MR) is 89.2 cm³/mol. The molecule has 106 valence electrons. The summed E-state index contributed by atoms with van der Waals surface area (Å²) in [5.74, 6) is 0. The summed E-state index contributed by atoms with van der Waals surface area (Å²) in [6, 6.07) is 15.8. The van der Waals surface area contributed by atoms with Crippen molar-refractivity contribution in [1.29, 1.82) is 0 Å². The van der Waals surface area contributed by atoms with E-state index in [1.165, 1.54) is 21.9 Å². The topological polar surface area (TPSA) is 12.0 Å². The highest BCUT2D eigenvalue weighted by Crippen LogP contribution is 2.21. The van der Waals surface area contributed by atoms with E-state index < -0.39 is 0 Å². The van der Waals surface area contributed by atoms with Gasteiger partial charge in [0.05, 0.1) is 0 Å². The molecule has 1 N–H and O–H groups in total. The number of fused-ring (bicyclic) bond motifs is 1. The number of rotatable bonds is 7. The van der Waals surface area contributed by atoms with Crippen LogP contribution in [0.2, 0.25) is 0 Å². The molecule has 0 fully saturated rings. The minimum atomic E-state index is 0.530. The van der Waals surface area contributed by atoms with E-state index in [4.69, 9.17) is 0 Å². The van der Waals surface area contributed by atoms with Crippen LogP contribution in [0.5, 0.6) is 0 Å². The number of hydrogen-bond acceptors (Lipinski definition) is 1. The van der Waals surface area contributed by atoms with Crippen molar-refractivity contribution in [3.63, 3.8) is 0 Å². The maximum absolute atomic E-state index is 4.02. The zero-order valence-corrected chi connectivity index (χ0v) is 12.7. The molecular weight excluding hydrogens is 242 g/mol. The fourth-order valence-corrected chi connectivity index (χ4v) is 2.72. The van der Waals surface area contributed by atoms with Gasteiger partial charge >= 0.3 is 0 Å². The third-order valence-electron chi connectivity index (χ3n) is 3.76. The van der Waals surface area contributed by atoms with Crippen LogP contribution in [-0.2, 0) is 6.42 Å². The minimum Gasteiger partial charge on any atom is -0.314 e. The lowest BCUT2D eigenvalue weighted by molar-refractivity contribution is 0.491. The molecule has 1 unspecified atom stereocenters. The molecular formula is C19H25N. The number of likely N-dealkylation sites (N-methyl/N-ethyl adjacent to an activating group) is 1. The van der Waals surface area contributed by atoms with Crippen molar-refractivity contribution < 1.29 is 0 Å². The number of benzene rings is 2. The molecule has 1 nitrogen and oxygen atoms in total. The zero-order valence-electron chi connectivity index (χ0n) is 12.7. The second-order valence-electron chi connectivity index (χ2n) is 5.59. The molecule has 0 spiro atoms. The molecule has 1 heteroatoms. The Labute approximate surface area is 122 Å². The molecule has 0 aliphatic heterocycles. The molecule has 1 atom stereocenters. The van der Waals surface area contributed by atoms with Crippen LogP contribution in [0.4, 0.5) is 0 Å². The van der Waals surface area contributed by atoms with Gasteiger partial charge in [0.1, 0.15) is 0 Å².